The summed E-state index contributed by atoms with van der Waals surface area (Å²) in [7, 11) is 0.228. The van der Waals surface area contributed by atoms with E-state index in [2.05, 4.69) is 0 Å². The van der Waals surface area contributed by atoms with Crippen molar-refractivity contribution in [2.45, 2.75) is 6.92 Å². The highest BCUT2D eigenvalue weighted by Crippen LogP contribution is 2.05. The van der Waals surface area contributed by atoms with Gasteiger partial charge in [-0.25, -0.2) is 0 Å². The highest BCUT2D eigenvalue weighted by molar-refractivity contribution is 7.89. The second-order valence-electron chi connectivity index (χ2n) is 3.67. The summed E-state index contributed by atoms with van der Waals surface area (Å²) in [5.74, 6) is -0.130. The van der Waals surface area contributed by atoms with Gasteiger partial charge < -0.3 is 4.90 Å². The molecule has 94 valence electrons. The minimum atomic E-state index is -3.52. The average molecular weight is 258 g/mol. The first-order valence-corrected chi connectivity index (χ1v) is 6.74. The summed E-state index contributed by atoms with van der Waals surface area (Å²) in [5.41, 5.74) is 0.924. The molecule has 0 aliphatic rings. The third kappa shape index (κ3) is 3.70. The zero-order valence-corrected chi connectivity index (χ0v) is 10.9. The number of carbonyl (C=O) groups excluding carboxylic acids is 1. The molecule has 0 aliphatic carbocycles. The fraction of sp³-hybridized carbons (Fsp3) is 0.400. The molecule has 0 aromatic carbocycles. The largest absolute Gasteiger partial charge is 0.511 e. The molecule has 1 heterocycles. The standard InChI is InChI=1S/C10H15N3O3S/c1-4-17(15,16)11-10(14)13-7-5-9(6-8-13)12(2)3/h5-8H,4H2,1-3H3/p+1. The van der Waals surface area contributed by atoms with Crippen LogP contribution in [0.5, 0.6) is 0 Å². The monoisotopic (exact) mass is 258 g/mol. The zero-order valence-electron chi connectivity index (χ0n) is 10.0. The van der Waals surface area contributed by atoms with Crippen molar-refractivity contribution in [1.29, 1.82) is 0 Å². The maximum atomic E-state index is 11.6. The van der Waals surface area contributed by atoms with E-state index in [1.165, 1.54) is 23.9 Å². The van der Waals surface area contributed by atoms with Crippen LogP contribution in [0.1, 0.15) is 6.92 Å². The van der Waals surface area contributed by atoms with Crippen LogP contribution in [0.25, 0.3) is 0 Å². The normalized spacial score (nSPS) is 11.0. The molecule has 0 spiro atoms. The number of hydrogen-bond donors (Lipinski definition) is 1. The van der Waals surface area contributed by atoms with Crippen molar-refractivity contribution in [3.63, 3.8) is 0 Å². The van der Waals surface area contributed by atoms with Crippen molar-refractivity contribution in [2.24, 2.45) is 0 Å². The van der Waals surface area contributed by atoms with Gasteiger partial charge >= 0.3 is 16.1 Å². The van der Waals surface area contributed by atoms with Gasteiger partial charge in [0.25, 0.3) is 0 Å². The van der Waals surface area contributed by atoms with E-state index in [0.717, 1.165) is 5.69 Å². The van der Waals surface area contributed by atoms with Crippen LogP contribution < -0.4 is 14.2 Å². The van der Waals surface area contributed by atoms with E-state index >= 15 is 0 Å². The summed E-state index contributed by atoms with van der Waals surface area (Å²) < 4.78 is 25.5. The third-order valence-corrected chi connectivity index (χ3v) is 3.43. The van der Waals surface area contributed by atoms with Gasteiger partial charge in [0.05, 0.1) is 5.75 Å². The van der Waals surface area contributed by atoms with Gasteiger partial charge in [-0.15, -0.1) is 4.72 Å². The molecule has 0 saturated carbocycles. The highest BCUT2D eigenvalue weighted by atomic mass is 32.2. The first kappa shape index (κ1) is 13.4. The van der Waals surface area contributed by atoms with E-state index in [9.17, 15) is 13.2 Å². The van der Waals surface area contributed by atoms with Gasteiger partial charge in [-0.2, -0.15) is 17.8 Å². The lowest BCUT2D eigenvalue weighted by atomic mass is 10.4. The fourth-order valence-electron chi connectivity index (χ4n) is 1.11. The Morgan fingerprint density at radius 2 is 1.88 bits per heavy atom. The molecule has 1 N–H and O–H groups in total. The number of rotatable bonds is 3. The predicted molar refractivity (Wildman–Crippen MR) is 64.4 cm³/mol. The summed E-state index contributed by atoms with van der Waals surface area (Å²) in [6, 6.07) is 2.76. The number of pyridine rings is 1. The molecule has 0 atom stereocenters. The lowest BCUT2D eigenvalue weighted by Gasteiger charge is -2.10. The van der Waals surface area contributed by atoms with Crippen molar-refractivity contribution in [2.75, 3.05) is 24.7 Å². The Morgan fingerprint density at radius 3 is 2.29 bits per heavy atom. The first-order valence-electron chi connectivity index (χ1n) is 5.09. The van der Waals surface area contributed by atoms with Crippen molar-refractivity contribution in [3.8, 4) is 0 Å². The van der Waals surface area contributed by atoms with E-state index in [1.54, 1.807) is 12.1 Å². The number of hydrogen-bond acceptors (Lipinski definition) is 4. The summed E-state index contributed by atoms with van der Waals surface area (Å²) in [4.78, 5) is 13.4. The number of aromatic nitrogens is 1. The average Bonchev–Trinajstić information content (AvgIpc) is 2.28. The SMILES string of the molecule is CCS(=O)(=O)NC(=O)[n+]1ccc(N(C)C)cc1. The third-order valence-electron chi connectivity index (χ3n) is 2.19. The maximum Gasteiger partial charge on any atom is 0.511 e. The molecule has 0 aliphatic heterocycles. The van der Waals surface area contributed by atoms with Gasteiger partial charge in [0.1, 0.15) is 12.4 Å². The van der Waals surface area contributed by atoms with E-state index in [-0.39, 0.29) is 5.75 Å². The predicted octanol–water partition coefficient (Wildman–Crippen LogP) is -0.0525. The van der Waals surface area contributed by atoms with Gasteiger partial charge in [-0.05, 0) is 6.92 Å². The van der Waals surface area contributed by atoms with Gasteiger partial charge in [0.2, 0.25) is 0 Å². The topological polar surface area (TPSA) is 70.4 Å². The highest BCUT2D eigenvalue weighted by Gasteiger charge is 2.21. The number of sulfonamides is 1. The van der Waals surface area contributed by atoms with Crippen molar-refractivity contribution in [1.82, 2.24) is 4.72 Å². The van der Waals surface area contributed by atoms with Crippen LogP contribution in [0.4, 0.5) is 10.5 Å². The van der Waals surface area contributed by atoms with Gasteiger partial charge in [-0.3, -0.25) is 0 Å². The molecule has 17 heavy (non-hydrogen) atoms. The molecule has 1 aromatic heterocycles. The van der Waals surface area contributed by atoms with Crippen LogP contribution >= 0.6 is 0 Å². The number of nitrogens with one attached hydrogen (secondary N) is 1. The van der Waals surface area contributed by atoms with Crippen molar-refractivity contribution in [3.05, 3.63) is 24.5 Å². The molecule has 0 bridgehead atoms. The van der Waals surface area contributed by atoms with Crippen LogP contribution in [0, 0.1) is 0 Å². The van der Waals surface area contributed by atoms with E-state index in [0.29, 0.717) is 0 Å². The van der Waals surface area contributed by atoms with Gasteiger partial charge in [0, 0.05) is 31.9 Å². The minimum Gasteiger partial charge on any atom is -0.377 e. The van der Waals surface area contributed by atoms with Crippen LogP contribution in [0.15, 0.2) is 24.5 Å². The Hall–Kier alpha value is -1.63. The second kappa shape index (κ2) is 5.13. The Balaban J connectivity index is 2.84. The molecule has 7 heteroatoms. The molecular weight excluding hydrogens is 242 g/mol. The van der Waals surface area contributed by atoms with Crippen LogP contribution in [-0.4, -0.2) is 34.3 Å². The molecule has 0 fully saturated rings. The Labute approximate surface area is 101 Å². The molecule has 6 nitrogen and oxygen atoms in total. The quantitative estimate of drug-likeness (QED) is 0.772. The number of anilines is 1. The van der Waals surface area contributed by atoms with Crippen LogP contribution in [0.2, 0.25) is 0 Å². The Morgan fingerprint density at radius 1 is 1.35 bits per heavy atom. The fourth-order valence-corrected chi connectivity index (χ4v) is 1.63. The van der Waals surface area contributed by atoms with E-state index in [1.807, 2.05) is 23.7 Å². The lowest BCUT2D eigenvalue weighted by Crippen LogP contribution is -2.51. The minimum absolute atomic E-state index is 0.130. The molecule has 1 amide bonds. The second-order valence-corrected chi connectivity index (χ2v) is 5.68. The Bertz CT molecular complexity index is 494. The van der Waals surface area contributed by atoms with Crippen LogP contribution in [0.3, 0.4) is 0 Å². The van der Waals surface area contributed by atoms with E-state index in [4.69, 9.17) is 0 Å². The Kier molecular flexibility index (Phi) is 4.06. The van der Waals surface area contributed by atoms with Crippen molar-refractivity contribution < 1.29 is 17.8 Å². The summed E-state index contributed by atoms with van der Waals surface area (Å²) in [6.07, 6.45) is 3.02. The summed E-state index contributed by atoms with van der Waals surface area (Å²) >= 11 is 0. The molecular formula is C10H16N3O3S+. The van der Waals surface area contributed by atoms with Crippen molar-refractivity contribution >= 4 is 21.7 Å². The number of carbonyl (C=O) groups is 1. The zero-order chi connectivity index (χ0) is 13.1. The molecule has 0 saturated heterocycles. The number of amides is 1. The van der Waals surface area contributed by atoms with Gasteiger partial charge in [0.15, 0.2) is 0 Å². The van der Waals surface area contributed by atoms with E-state index < -0.39 is 16.1 Å². The summed E-state index contributed by atoms with van der Waals surface area (Å²) in [6.45, 7) is 1.47. The maximum absolute atomic E-state index is 11.6. The first-order chi connectivity index (χ1) is 7.85. The number of nitrogens with zero attached hydrogens (tertiary/aromatic N) is 2. The molecule has 0 radical (unpaired) electrons. The van der Waals surface area contributed by atoms with Crippen LogP contribution in [-0.2, 0) is 10.0 Å². The smallest absolute Gasteiger partial charge is 0.377 e. The molecule has 1 rings (SSSR count). The molecule has 1 aromatic rings. The molecule has 0 unspecified atom stereocenters. The lowest BCUT2D eigenvalue weighted by molar-refractivity contribution is -0.570. The van der Waals surface area contributed by atoms with Gasteiger partial charge in [-0.1, -0.05) is 0 Å². The summed E-state index contributed by atoms with van der Waals surface area (Å²) in [5, 5.41) is 0.